The van der Waals surface area contributed by atoms with Gasteiger partial charge in [-0.15, -0.1) is 11.3 Å². The number of nitro benzene ring substituents is 1. The van der Waals surface area contributed by atoms with Crippen LogP contribution in [0.15, 0.2) is 35.7 Å². The minimum Gasteiger partial charge on any atom is -0.496 e. The van der Waals surface area contributed by atoms with Crippen LogP contribution in [0.4, 0.5) is 5.69 Å². The first kappa shape index (κ1) is 18.4. The van der Waals surface area contributed by atoms with Crippen molar-refractivity contribution in [1.29, 1.82) is 0 Å². The average Bonchev–Trinajstić information content (AvgIpc) is 3.12. The highest BCUT2D eigenvalue weighted by molar-refractivity contribution is 7.09. The van der Waals surface area contributed by atoms with Crippen LogP contribution in [-0.2, 0) is 16.1 Å². The highest BCUT2D eigenvalue weighted by Gasteiger charge is 2.23. The van der Waals surface area contributed by atoms with Crippen molar-refractivity contribution in [3.05, 3.63) is 56.3 Å². The first-order valence-corrected chi connectivity index (χ1v) is 8.14. The molecule has 25 heavy (non-hydrogen) atoms. The summed E-state index contributed by atoms with van der Waals surface area (Å²) >= 11 is 1.49. The SMILES string of the molecule is COc1ccc([N+](=O)[O-])cc1C(=O)O[C@H](C)C(=O)NCc1cccs1. The third-order valence-corrected chi connectivity index (χ3v) is 4.16. The fraction of sp³-hybridized carbons (Fsp3) is 0.250. The van der Waals surface area contributed by atoms with Gasteiger partial charge in [0.05, 0.1) is 18.6 Å². The van der Waals surface area contributed by atoms with Crippen molar-refractivity contribution in [3.63, 3.8) is 0 Å². The molecule has 0 saturated heterocycles. The highest BCUT2D eigenvalue weighted by Crippen LogP contribution is 2.25. The molecule has 0 unspecified atom stereocenters. The van der Waals surface area contributed by atoms with Gasteiger partial charge in [0, 0.05) is 17.0 Å². The molecule has 1 aromatic carbocycles. The molecule has 0 bridgehead atoms. The van der Waals surface area contributed by atoms with Gasteiger partial charge in [-0.25, -0.2) is 4.79 Å². The number of nitro groups is 1. The van der Waals surface area contributed by atoms with Gasteiger partial charge in [0.15, 0.2) is 6.10 Å². The Morgan fingerprint density at radius 1 is 1.36 bits per heavy atom. The fourth-order valence-corrected chi connectivity index (χ4v) is 2.62. The van der Waals surface area contributed by atoms with Gasteiger partial charge in [0.1, 0.15) is 11.3 Å². The molecule has 1 heterocycles. The second kappa shape index (κ2) is 8.25. The van der Waals surface area contributed by atoms with Gasteiger partial charge in [-0.05, 0) is 24.4 Å². The van der Waals surface area contributed by atoms with E-state index in [2.05, 4.69) is 5.32 Å². The predicted octanol–water partition coefficient (Wildman–Crippen LogP) is 2.53. The van der Waals surface area contributed by atoms with Crippen LogP contribution in [0.1, 0.15) is 22.2 Å². The van der Waals surface area contributed by atoms with Crippen molar-refractivity contribution in [1.82, 2.24) is 5.32 Å². The van der Waals surface area contributed by atoms with Crippen LogP contribution in [0.25, 0.3) is 0 Å². The molecule has 9 heteroatoms. The number of ether oxygens (including phenoxy) is 2. The van der Waals surface area contributed by atoms with Crippen molar-refractivity contribution in [3.8, 4) is 5.75 Å². The number of carbonyl (C=O) groups is 2. The van der Waals surface area contributed by atoms with Crippen LogP contribution in [0.3, 0.4) is 0 Å². The Kier molecular flexibility index (Phi) is 6.07. The number of rotatable bonds is 7. The topological polar surface area (TPSA) is 108 Å². The van der Waals surface area contributed by atoms with Crippen molar-refractivity contribution in [2.75, 3.05) is 7.11 Å². The van der Waals surface area contributed by atoms with Gasteiger partial charge in [-0.2, -0.15) is 0 Å². The molecule has 0 aliphatic heterocycles. The minimum absolute atomic E-state index is 0.116. The number of thiophene rings is 1. The summed E-state index contributed by atoms with van der Waals surface area (Å²) in [4.78, 5) is 35.4. The third-order valence-electron chi connectivity index (χ3n) is 3.28. The van der Waals surface area contributed by atoms with Gasteiger partial charge >= 0.3 is 5.97 Å². The molecule has 1 N–H and O–H groups in total. The van der Waals surface area contributed by atoms with Crippen molar-refractivity contribution >= 4 is 28.9 Å². The molecular weight excluding hydrogens is 348 g/mol. The predicted molar refractivity (Wildman–Crippen MR) is 90.7 cm³/mol. The van der Waals surface area contributed by atoms with Crippen LogP contribution in [0.2, 0.25) is 0 Å². The number of carbonyl (C=O) groups excluding carboxylic acids is 2. The highest BCUT2D eigenvalue weighted by atomic mass is 32.1. The lowest BCUT2D eigenvalue weighted by Crippen LogP contribution is -2.35. The first-order chi connectivity index (χ1) is 11.9. The number of hydrogen-bond acceptors (Lipinski definition) is 7. The first-order valence-electron chi connectivity index (χ1n) is 7.26. The summed E-state index contributed by atoms with van der Waals surface area (Å²) in [5, 5.41) is 15.4. The summed E-state index contributed by atoms with van der Waals surface area (Å²) in [6.07, 6.45) is -1.06. The summed E-state index contributed by atoms with van der Waals surface area (Å²) in [6, 6.07) is 7.31. The maximum atomic E-state index is 12.2. The second-order valence-corrected chi connectivity index (χ2v) is 6.02. The van der Waals surface area contributed by atoms with E-state index in [1.165, 1.54) is 37.5 Å². The summed E-state index contributed by atoms with van der Waals surface area (Å²) in [6.45, 7) is 1.75. The lowest BCUT2D eigenvalue weighted by Gasteiger charge is -2.14. The van der Waals surface area contributed by atoms with Gasteiger partial charge in [0.25, 0.3) is 11.6 Å². The Balaban J connectivity index is 2.03. The molecule has 1 atom stereocenters. The number of amides is 1. The zero-order valence-electron chi connectivity index (χ0n) is 13.6. The molecule has 0 saturated carbocycles. The number of nitrogens with zero attached hydrogens (tertiary/aromatic N) is 1. The quantitative estimate of drug-likeness (QED) is 0.459. The molecular formula is C16H16N2O6S. The minimum atomic E-state index is -1.06. The number of nitrogens with one attached hydrogen (secondary N) is 1. The van der Waals surface area contributed by atoms with Crippen LogP contribution in [0.5, 0.6) is 5.75 Å². The fourth-order valence-electron chi connectivity index (χ4n) is 1.98. The van der Waals surface area contributed by atoms with Gasteiger partial charge in [-0.3, -0.25) is 14.9 Å². The van der Waals surface area contributed by atoms with E-state index in [4.69, 9.17) is 9.47 Å². The molecule has 2 aromatic rings. The van der Waals surface area contributed by atoms with E-state index in [0.717, 1.165) is 10.9 Å². The van der Waals surface area contributed by atoms with Crippen molar-refractivity contribution in [2.24, 2.45) is 0 Å². The van der Waals surface area contributed by atoms with Crippen LogP contribution in [0, 0.1) is 10.1 Å². The van der Waals surface area contributed by atoms with Gasteiger partial charge in [0.2, 0.25) is 0 Å². The van der Waals surface area contributed by atoms with Gasteiger partial charge in [-0.1, -0.05) is 6.07 Å². The summed E-state index contributed by atoms with van der Waals surface area (Å²) < 4.78 is 10.1. The summed E-state index contributed by atoms with van der Waals surface area (Å²) in [5.74, 6) is -1.22. The van der Waals surface area contributed by atoms with Crippen LogP contribution in [-0.4, -0.2) is 30.0 Å². The Morgan fingerprint density at radius 3 is 2.72 bits per heavy atom. The number of methoxy groups -OCH3 is 1. The molecule has 0 aliphatic rings. The maximum absolute atomic E-state index is 12.2. The lowest BCUT2D eigenvalue weighted by molar-refractivity contribution is -0.384. The summed E-state index contributed by atoms with van der Waals surface area (Å²) in [7, 11) is 1.33. The maximum Gasteiger partial charge on any atom is 0.342 e. The smallest absolute Gasteiger partial charge is 0.342 e. The van der Waals surface area contributed by atoms with E-state index in [-0.39, 0.29) is 17.0 Å². The zero-order valence-corrected chi connectivity index (χ0v) is 14.4. The second-order valence-electron chi connectivity index (χ2n) is 4.99. The van der Waals surface area contributed by atoms with E-state index in [0.29, 0.717) is 6.54 Å². The Labute approximate surface area is 147 Å². The molecule has 0 radical (unpaired) electrons. The number of benzene rings is 1. The monoisotopic (exact) mass is 364 g/mol. The van der Waals surface area contributed by atoms with Gasteiger partial charge < -0.3 is 14.8 Å². The Hall–Kier alpha value is -2.94. The average molecular weight is 364 g/mol. The standard InChI is InChI=1S/C16H16N2O6S/c1-10(15(19)17-9-12-4-3-7-25-12)24-16(20)13-8-11(18(21)22)5-6-14(13)23-2/h3-8,10H,9H2,1-2H3,(H,17,19)/t10-/m1/s1. The molecule has 0 spiro atoms. The summed E-state index contributed by atoms with van der Waals surface area (Å²) in [5.41, 5.74) is -0.392. The third kappa shape index (κ3) is 4.77. The molecule has 0 aliphatic carbocycles. The van der Waals surface area contributed by atoms with E-state index in [1.807, 2.05) is 17.5 Å². The Bertz CT molecular complexity index is 775. The number of esters is 1. The molecule has 132 valence electrons. The van der Waals surface area contributed by atoms with E-state index in [1.54, 1.807) is 0 Å². The van der Waals surface area contributed by atoms with Crippen molar-refractivity contribution in [2.45, 2.75) is 19.6 Å². The van der Waals surface area contributed by atoms with Crippen molar-refractivity contribution < 1.29 is 24.0 Å². The lowest BCUT2D eigenvalue weighted by atomic mass is 10.1. The molecule has 1 amide bonds. The number of non-ortho nitro benzene ring substituents is 1. The van der Waals surface area contributed by atoms with Crippen LogP contribution < -0.4 is 10.1 Å². The largest absolute Gasteiger partial charge is 0.496 e. The molecule has 0 fully saturated rings. The molecule has 2 rings (SSSR count). The van der Waals surface area contributed by atoms with E-state index >= 15 is 0 Å². The Morgan fingerprint density at radius 2 is 2.12 bits per heavy atom. The molecule has 8 nitrogen and oxygen atoms in total. The van der Waals surface area contributed by atoms with Crippen LogP contribution >= 0.6 is 11.3 Å². The zero-order chi connectivity index (χ0) is 18.4. The van der Waals surface area contributed by atoms with E-state index < -0.39 is 22.9 Å². The number of hydrogen-bond donors (Lipinski definition) is 1. The van der Waals surface area contributed by atoms with E-state index in [9.17, 15) is 19.7 Å². The molecule has 1 aromatic heterocycles. The normalized spacial score (nSPS) is 11.4.